The number of hydrogen-bond donors (Lipinski definition) is 1. The fraction of sp³-hybridized carbons (Fsp3) is 0.619. The van der Waals surface area contributed by atoms with E-state index in [1.807, 2.05) is 23.1 Å². The van der Waals surface area contributed by atoms with Gasteiger partial charge >= 0.3 is 5.97 Å². The van der Waals surface area contributed by atoms with Crippen LogP contribution in [0.5, 0.6) is 0 Å². The van der Waals surface area contributed by atoms with E-state index in [9.17, 15) is 9.59 Å². The SMILES string of the molecule is O=C(O)C1CCC(C(=O)N2CCC(OCCc3ccccc3)CC2)CC1. The van der Waals surface area contributed by atoms with E-state index in [2.05, 4.69) is 12.1 Å². The van der Waals surface area contributed by atoms with Gasteiger partial charge < -0.3 is 14.7 Å². The topological polar surface area (TPSA) is 66.8 Å². The fourth-order valence-corrected chi connectivity index (χ4v) is 4.08. The molecule has 1 aliphatic heterocycles. The smallest absolute Gasteiger partial charge is 0.306 e. The lowest BCUT2D eigenvalue weighted by Crippen LogP contribution is -2.44. The zero-order valence-corrected chi connectivity index (χ0v) is 15.3. The van der Waals surface area contributed by atoms with Crippen LogP contribution in [0.3, 0.4) is 0 Å². The van der Waals surface area contributed by atoms with Gasteiger partial charge in [0.05, 0.1) is 18.6 Å². The summed E-state index contributed by atoms with van der Waals surface area (Å²) in [6, 6.07) is 10.3. The summed E-state index contributed by atoms with van der Waals surface area (Å²) in [7, 11) is 0. The Morgan fingerprint density at radius 1 is 0.962 bits per heavy atom. The number of rotatable bonds is 6. The molecule has 142 valence electrons. The van der Waals surface area contributed by atoms with E-state index < -0.39 is 5.97 Å². The average Bonchev–Trinajstić information content (AvgIpc) is 2.69. The molecule has 26 heavy (non-hydrogen) atoms. The third-order valence-corrected chi connectivity index (χ3v) is 5.77. The molecule has 1 aromatic rings. The number of carboxylic acids is 1. The number of benzene rings is 1. The molecule has 2 fully saturated rings. The molecule has 0 aromatic heterocycles. The molecule has 0 radical (unpaired) electrons. The van der Waals surface area contributed by atoms with Gasteiger partial charge in [0, 0.05) is 19.0 Å². The first kappa shape index (κ1) is 18.9. The molecule has 2 aliphatic rings. The summed E-state index contributed by atoms with van der Waals surface area (Å²) in [6.07, 6.45) is 5.64. The summed E-state index contributed by atoms with van der Waals surface area (Å²) in [6.45, 7) is 2.24. The van der Waals surface area contributed by atoms with Gasteiger partial charge in [-0.15, -0.1) is 0 Å². The minimum atomic E-state index is -0.718. The third-order valence-electron chi connectivity index (χ3n) is 5.77. The minimum Gasteiger partial charge on any atom is -0.481 e. The Morgan fingerprint density at radius 3 is 2.19 bits per heavy atom. The Balaban J connectivity index is 1.35. The molecule has 0 unspecified atom stereocenters. The molecule has 1 aliphatic carbocycles. The quantitative estimate of drug-likeness (QED) is 0.847. The normalized spacial score (nSPS) is 24.4. The number of hydrogen-bond acceptors (Lipinski definition) is 3. The van der Waals surface area contributed by atoms with Gasteiger partial charge in [0.1, 0.15) is 0 Å². The second-order valence-corrected chi connectivity index (χ2v) is 7.52. The van der Waals surface area contributed by atoms with Crippen molar-refractivity contribution in [3.63, 3.8) is 0 Å². The summed E-state index contributed by atoms with van der Waals surface area (Å²) < 4.78 is 6.00. The third kappa shape index (κ3) is 5.07. The lowest BCUT2D eigenvalue weighted by Gasteiger charge is -2.35. The number of carboxylic acid groups (broad SMARTS) is 1. The maximum Gasteiger partial charge on any atom is 0.306 e. The molecule has 1 amide bonds. The van der Waals surface area contributed by atoms with Crippen LogP contribution in [0.4, 0.5) is 0 Å². The lowest BCUT2D eigenvalue weighted by molar-refractivity contribution is -0.146. The highest BCUT2D eigenvalue weighted by Gasteiger charge is 2.33. The number of aliphatic carboxylic acids is 1. The summed E-state index contributed by atoms with van der Waals surface area (Å²) >= 11 is 0. The molecule has 0 spiro atoms. The molecule has 5 nitrogen and oxygen atoms in total. The summed E-state index contributed by atoms with van der Waals surface area (Å²) in [5.41, 5.74) is 1.29. The Bertz CT molecular complexity index is 587. The highest BCUT2D eigenvalue weighted by atomic mass is 16.5. The van der Waals surface area contributed by atoms with E-state index in [1.54, 1.807) is 0 Å². The van der Waals surface area contributed by atoms with Crippen LogP contribution in [0.2, 0.25) is 0 Å². The zero-order chi connectivity index (χ0) is 18.4. The van der Waals surface area contributed by atoms with Crippen molar-refractivity contribution in [2.24, 2.45) is 11.8 Å². The minimum absolute atomic E-state index is 0.0150. The number of carbonyl (C=O) groups is 2. The van der Waals surface area contributed by atoms with Crippen LogP contribution in [0.1, 0.15) is 44.1 Å². The summed E-state index contributed by atoms with van der Waals surface area (Å²) in [5, 5.41) is 9.08. The number of piperidine rings is 1. The van der Waals surface area contributed by atoms with Gasteiger partial charge in [-0.05, 0) is 50.5 Å². The molecular weight excluding hydrogens is 330 g/mol. The van der Waals surface area contributed by atoms with Crippen LogP contribution in [0, 0.1) is 11.8 Å². The average molecular weight is 359 g/mol. The van der Waals surface area contributed by atoms with E-state index >= 15 is 0 Å². The number of ether oxygens (including phenoxy) is 1. The molecule has 5 heteroatoms. The molecule has 1 saturated carbocycles. The van der Waals surface area contributed by atoms with E-state index in [0.717, 1.165) is 39.0 Å². The van der Waals surface area contributed by atoms with Gasteiger partial charge in [-0.3, -0.25) is 9.59 Å². The highest BCUT2D eigenvalue weighted by molar-refractivity contribution is 5.79. The standard InChI is InChI=1S/C21H29NO4/c23-20(17-6-8-18(9-7-17)21(24)25)22-13-10-19(11-14-22)26-15-12-16-4-2-1-3-5-16/h1-5,17-19H,6-15H2,(H,24,25). The van der Waals surface area contributed by atoms with Crippen LogP contribution in [0.25, 0.3) is 0 Å². The van der Waals surface area contributed by atoms with Gasteiger partial charge in [-0.2, -0.15) is 0 Å². The van der Waals surface area contributed by atoms with Crippen molar-refractivity contribution in [3.05, 3.63) is 35.9 Å². The van der Waals surface area contributed by atoms with Crippen molar-refractivity contribution in [1.82, 2.24) is 4.90 Å². The van der Waals surface area contributed by atoms with Crippen molar-refractivity contribution in [2.75, 3.05) is 19.7 Å². The Morgan fingerprint density at radius 2 is 1.58 bits per heavy atom. The van der Waals surface area contributed by atoms with Gasteiger partial charge in [0.15, 0.2) is 0 Å². The number of likely N-dealkylation sites (tertiary alicyclic amines) is 1. The predicted octanol–water partition coefficient (Wildman–Crippen LogP) is 3.13. The first-order chi connectivity index (χ1) is 12.6. The van der Waals surface area contributed by atoms with E-state index in [-0.39, 0.29) is 23.8 Å². The first-order valence-corrected chi connectivity index (χ1v) is 9.80. The second kappa shape index (κ2) is 9.17. The highest BCUT2D eigenvalue weighted by Crippen LogP contribution is 2.31. The largest absolute Gasteiger partial charge is 0.481 e. The lowest BCUT2D eigenvalue weighted by atomic mass is 9.81. The molecule has 1 saturated heterocycles. The molecular formula is C21H29NO4. The maximum absolute atomic E-state index is 12.7. The molecule has 1 aromatic carbocycles. The molecule has 3 rings (SSSR count). The van der Waals surface area contributed by atoms with Crippen molar-refractivity contribution >= 4 is 11.9 Å². The van der Waals surface area contributed by atoms with Gasteiger partial charge in [0.25, 0.3) is 0 Å². The van der Waals surface area contributed by atoms with Crippen LogP contribution in [-0.2, 0) is 20.7 Å². The number of nitrogens with zero attached hydrogens (tertiary/aromatic N) is 1. The van der Waals surface area contributed by atoms with Crippen LogP contribution in [-0.4, -0.2) is 47.7 Å². The monoisotopic (exact) mass is 359 g/mol. The fourth-order valence-electron chi connectivity index (χ4n) is 4.08. The molecule has 0 atom stereocenters. The van der Waals surface area contributed by atoms with Crippen molar-refractivity contribution < 1.29 is 19.4 Å². The summed E-state index contributed by atoms with van der Waals surface area (Å²) in [4.78, 5) is 25.7. The van der Waals surface area contributed by atoms with Crippen molar-refractivity contribution in [2.45, 2.75) is 51.0 Å². The zero-order valence-electron chi connectivity index (χ0n) is 15.3. The Kier molecular flexibility index (Phi) is 6.67. The second-order valence-electron chi connectivity index (χ2n) is 7.52. The van der Waals surface area contributed by atoms with Crippen LogP contribution >= 0.6 is 0 Å². The van der Waals surface area contributed by atoms with Gasteiger partial charge in [-0.1, -0.05) is 30.3 Å². The molecule has 0 bridgehead atoms. The van der Waals surface area contributed by atoms with Gasteiger partial charge in [-0.25, -0.2) is 0 Å². The van der Waals surface area contributed by atoms with Crippen LogP contribution in [0.15, 0.2) is 30.3 Å². The first-order valence-electron chi connectivity index (χ1n) is 9.80. The molecule has 1 N–H and O–H groups in total. The number of carbonyl (C=O) groups excluding carboxylic acids is 1. The van der Waals surface area contributed by atoms with E-state index in [1.165, 1.54) is 5.56 Å². The van der Waals surface area contributed by atoms with E-state index in [0.29, 0.717) is 25.7 Å². The summed E-state index contributed by atoms with van der Waals surface area (Å²) in [5.74, 6) is -0.745. The molecule has 1 heterocycles. The Labute approximate surface area is 155 Å². The maximum atomic E-state index is 12.7. The van der Waals surface area contributed by atoms with Gasteiger partial charge in [0.2, 0.25) is 5.91 Å². The van der Waals surface area contributed by atoms with E-state index in [4.69, 9.17) is 9.84 Å². The van der Waals surface area contributed by atoms with Crippen molar-refractivity contribution in [1.29, 1.82) is 0 Å². The Hall–Kier alpha value is -1.88. The van der Waals surface area contributed by atoms with Crippen LogP contribution < -0.4 is 0 Å². The predicted molar refractivity (Wildman–Crippen MR) is 98.8 cm³/mol. The van der Waals surface area contributed by atoms with Crippen molar-refractivity contribution in [3.8, 4) is 0 Å². The number of amides is 1.